The number of thioether (sulfide) groups is 1. The van der Waals surface area contributed by atoms with E-state index in [0.29, 0.717) is 22.8 Å². The summed E-state index contributed by atoms with van der Waals surface area (Å²) in [4.78, 5) is 32.0. The van der Waals surface area contributed by atoms with Gasteiger partial charge in [-0.15, -0.1) is 0 Å². The molecule has 134 valence electrons. The van der Waals surface area contributed by atoms with Crippen LogP contribution < -0.4 is 11.1 Å². The van der Waals surface area contributed by atoms with Gasteiger partial charge in [0.05, 0.1) is 11.9 Å². The highest BCUT2D eigenvalue weighted by atomic mass is 32.2. The molecule has 8 heteroatoms. The number of carbonyl (C=O) groups is 2. The summed E-state index contributed by atoms with van der Waals surface area (Å²) in [5.41, 5.74) is 7.02. The number of nitrogens with zero attached hydrogens (tertiary/aromatic N) is 3. The molecule has 1 aromatic heterocycles. The number of nitriles is 1. The van der Waals surface area contributed by atoms with E-state index in [4.69, 9.17) is 11.0 Å². The third kappa shape index (κ3) is 5.57. The van der Waals surface area contributed by atoms with Crippen molar-refractivity contribution in [2.45, 2.75) is 25.4 Å². The molecule has 2 aromatic rings. The first kappa shape index (κ1) is 19.4. The van der Waals surface area contributed by atoms with E-state index in [-0.39, 0.29) is 34.7 Å². The first-order valence-corrected chi connectivity index (χ1v) is 8.96. The second-order valence-electron chi connectivity index (χ2n) is 6.00. The quantitative estimate of drug-likeness (QED) is 0.437. The average molecular weight is 369 g/mol. The van der Waals surface area contributed by atoms with E-state index in [1.165, 1.54) is 6.20 Å². The number of anilines is 2. The summed E-state index contributed by atoms with van der Waals surface area (Å²) < 4.78 is 0. The van der Waals surface area contributed by atoms with E-state index < -0.39 is 0 Å². The summed E-state index contributed by atoms with van der Waals surface area (Å²) in [5.74, 6) is 0.377. The maximum absolute atomic E-state index is 12.3. The minimum absolute atomic E-state index is 0.0508. The van der Waals surface area contributed by atoms with Crippen LogP contribution in [0.3, 0.4) is 0 Å². The third-order valence-electron chi connectivity index (χ3n) is 3.33. The predicted octanol–water partition coefficient (Wildman–Crippen LogP) is 2.89. The molecular weight excluding hydrogens is 350 g/mol. The monoisotopic (exact) mass is 369 g/mol. The summed E-state index contributed by atoms with van der Waals surface area (Å²) >= 11 is 1.15. The van der Waals surface area contributed by atoms with Gasteiger partial charge in [-0.3, -0.25) is 9.59 Å². The number of rotatable bonds is 7. The molecule has 0 saturated heterocycles. The number of aromatic nitrogens is 2. The molecule has 0 aliphatic carbocycles. The highest BCUT2D eigenvalue weighted by Crippen LogP contribution is 2.18. The van der Waals surface area contributed by atoms with Crippen molar-refractivity contribution in [2.24, 2.45) is 5.92 Å². The normalized spacial score (nSPS) is 10.4. The van der Waals surface area contributed by atoms with E-state index in [2.05, 4.69) is 15.3 Å². The van der Waals surface area contributed by atoms with Crippen LogP contribution in [-0.4, -0.2) is 27.4 Å². The van der Waals surface area contributed by atoms with Gasteiger partial charge in [0.25, 0.3) is 0 Å². The Labute approximate surface area is 156 Å². The summed E-state index contributed by atoms with van der Waals surface area (Å²) in [6.45, 7) is 3.95. The number of benzene rings is 1. The average Bonchev–Trinajstić information content (AvgIpc) is 2.59. The number of nitrogen functional groups attached to an aromatic ring is 1. The van der Waals surface area contributed by atoms with Gasteiger partial charge in [0.2, 0.25) is 5.91 Å². The Bertz CT molecular complexity index is 844. The molecule has 3 N–H and O–H groups in total. The number of hydrogen-bond acceptors (Lipinski definition) is 7. The molecule has 1 amide bonds. The Balaban J connectivity index is 1.92. The van der Waals surface area contributed by atoms with Gasteiger partial charge in [-0.1, -0.05) is 25.6 Å². The third-order valence-corrected chi connectivity index (χ3v) is 4.19. The van der Waals surface area contributed by atoms with Crippen LogP contribution in [0.5, 0.6) is 0 Å². The zero-order valence-corrected chi connectivity index (χ0v) is 15.3. The van der Waals surface area contributed by atoms with Crippen molar-refractivity contribution in [1.82, 2.24) is 9.97 Å². The Kier molecular flexibility index (Phi) is 6.69. The molecule has 0 aliphatic rings. The zero-order chi connectivity index (χ0) is 19.1. The molecule has 0 bridgehead atoms. The first-order chi connectivity index (χ1) is 12.4. The van der Waals surface area contributed by atoms with Gasteiger partial charge in [-0.25, -0.2) is 9.97 Å². The van der Waals surface area contributed by atoms with Crippen LogP contribution in [0.25, 0.3) is 0 Å². The summed E-state index contributed by atoms with van der Waals surface area (Å²) in [6.07, 6.45) is 1.79. The molecule has 26 heavy (non-hydrogen) atoms. The number of carbonyl (C=O) groups excluding carboxylic acids is 2. The smallest absolute Gasteiger partial charge is 0.224 e. The lowest BCUT2D eigenvalue weighted by Crippen LogP contribution is -2.14. The van der Waals surface area contributed by atoms with Crippen LogP contribution >= 0.6 is 11.8 Å². The number of nitrogens with one attached hydrogen (secondary N) is 1. The van der Waals surface area contributed by atoms with E-state index >= 15 is 0 Å². The molecule has 1 aromatic carbocycles. The zero-order valence-electron chi connectivity index (χ0n) is 14.5. The predicted molar refractivity (Wildman–Crippen MR) is 101 cm³/mol. The van der Waals surface area contributed by atoms with Gasteiger partial charge in [-0.2, -0.15) is 5.26 Å². The van der Waals surface area contributed by atoms with Crippen molar-refractivity contribution in [1.29, 1.82) is 5.26 Å². The first-order valence-electron chi connectivity index (χ1n) is 7.97. The summed E-state index contributed by atoms with van der Waals surface area (Å²) in [7, 11) is 0. The summed E-state index contributed by atoms with van der Waals surface area (Å²) in [5, 5.41) is 11.9. The standard InChI is InChI=1S/C18H19N5O2S/c1-11(2)7-16(25)22-14-5-3-12(4-6-14)15(24)10-26-18-21-9-13(8-19)17(20)23-18/h3-6,9,11H,7,10H2,1-2H3,(H,22,25)(H2,20,21,23). The number of nitrogens with two attached hydrogens (primary N) is 1. The van der Waals surface area contributed by atoms with Gasteiger partial charge in [0.15, 0.2) is 10.9 Å². The van der Waals surface area contributed by atoms with E-state index in [1.807, 2.05) is 19.9 Å². The van der Waals surface area contributed by atoms with Crippen LogP contribution in [-0.2, 0) is 4.79 Å². The molecule has 0 saturated carbocycles. The number of hydrogen-bond donors (Lipinski definition) is 2. The lowest BCUT2D eigenvalue weighted by molar-refractivity contribution is -0.116. The maximum Gasteiger partial charge on any atom is 0.224 e. The summed E-state index contributed by atoms with van der Waals surface area (Å²) in [6, 6.07) is 8.62. The Morgan fingerprint density at radius 3 is 2.58 bits per heavy atom. The molecule has 0 spiro atoms. The van der Waals surface area contributed by atoms with Gasteiger partial charge in [0.1, 0.15) is 17.5 Å². The molecule has 0 aliphatic heterocycles. The second kappa shape index (κ2) is 8.97. The van der Waals surface area contributed by atoms with Gasteiger partial charge >= 0.3 is 0 Å². The van der Waals surface area contributed by atoms with Crippen LogP contribution in [0.15, 0.2) is 35.6 Å². The maximum atomic E-state index is 12.3. The molecule has 1 heterocycles. The van der Waals surface area contributed by atoms with Crippen molar-refractivity contribution in [3.63, 3.8) is 0 Å². The fourth-order valence-electron chi connectivity index (χ4n) is 2.07. The Morgan fingerprint density at radius 1 is 1.31 bits per heavy atom. The Morgan fingerprint density at radius 2 is 2.00 bits per heavy atom. The van der Waals surface area contributed by atoms with Gasteiger partial charge in [-0.05, 0) is 30.2 Å². The topological polar surface area (TPSA) is 122 Å². The van der Waals surface area contributed by atoms with Crippen molar-refractivity contribution >= 4 is 35.0 Å². The van der Waals surface area contributed by atoms with E-state index in [1.54, 1.807) is 24.3 Å². The van der Waals surface area contributed by atoms with Crippen molar-refractivity contribution < 1.29 is 9.59 Å². The molecule has 7 nitrogen and oxygen atoms in total. The molecule has 2 rings (SSSR count). The van der Waals surface area contributed by atoms with Crippen LogP contribution in [0.2, 0.25) is 0 Å². The molecule has 0 unspecified atom stereocenters. The minimum atomic E-state index is -0.0958. The highest BCUT2D eigenvalue weighted by Gasteiger charge is 2.11. The Hall–Kier alpha value is -2.92. The van der Waals surface area contributed by atoms with Crippen molar-refractivity contribution in [2.75, 3.05) is 16.8 Å². The van der Waals surface area contributed by atoms with E-state index in [9.17, 15) is 9.59 Å². The van der Waals surface area contributed by atoms with Crippen LogP contribution in [0.4, 0.5) is 11.5 Å². The van der Waals surface area contributed by atoms with Crippen LogP contribution in [0, 0.1) is 17.2 Å². The highest BCUT2D eigenvalue weighted by molar-refractivity contribution is 7.99. The largest absolute Gasteiger partial charge is 0.382 e. The second-order valence-corrected chi connectivity index (χ2v) is 6.94. The lowest BCUT2D eigenvalue weighted by Gasteiger charge is -2.08. The van der Waals surface area contributed by atoms with Crippen molar-refractivity contribution in [3.05, 3.63) is 41.6 Å². The SMILES string of the molecule is CC(C)CC(=O)Nc1ccc(C(=O)CSc2ncc(C#N)c(N)n2)cc1. The van der Waals surface area contributed by atoms with E-state index in [0.717, 1.165) is 11.8 Å². The van der Waals surface area contributed by atoms with Gasteiger partial charge in [0, 0.05) is 17.7 Å². The fraction of sp³-hybridized carbons (Fsp3) is 0.278. The van der Waals surface area contributed by atoms with Gasteiger partial charge < -0.3 is 11.1 Å². The molecule has 0 radical (unpaired) electrons. The lowest BCUT2D eigenvalue weighted by atomic mass is 10.1. The molecule has 0 atom stereocenters. The minimum Gasteiger partial charge on any atom is -0.382 e. The fourth-order valence-corrected chi connectivity index (χ4v) is 2.79. The molecule has 0 fully saturated rings. The number of amides is 1. The number of ketones is 1. The van der Waals surface area contributed by atoms with Crippen LogP contribution in [0.1, 0.15) is 36.2 Å². The molecular formula is C18H19N5O2S. The van der Waals surface area contributed by atoms with Crippen molar-refractivity contribution in [3.8, 4) is 6.07 Å². The number of Topliss-reactive ketones (excluding diaryl/α,β-unsaturated/α-hetero) is 1.